The first-order valence-electron chi connectivity index (χ1n) is 9.26. The zero-order valence-corrected chi connectivity index (χ0v) is 16.4. The molecule has 0 N–H and O–H groups in total. The van der Waals surface area contributed by atoms with Gasteiger partial charge in [0.05, 0.1) is 18.2 Å². The van der Waals surface area contributed by atoms with E-state index in [1.807, 2.05) is 17.7 Å². The Balaban J connectivity index is 1.47. The molecule has 146 valence electrons. The molecule has 28 heavy (non-hydrogen) atoms. The second-order valence-corrected chi connectivity index (χ2v) is 7.69. The zero-order chi connectivity index (χ0) is 19.5. The molecule has 1 aromatic carbocycles. The third kappa shape index (κ3) is 3.92. The number of hydrogen-bond acceptors (Lipinski definition) is 7. The molecular weight excluding hydrogens is 378 g/mol. The summed E-state index contributed by atoms with van der Waals surface area (Å²) in [4.78, 5) is 14.5. The summed E-state index contributed by atoms with van der Waals surface area (Å²) in [5.41, 5.74) is 0.696. The van der Waals surface area contributed by atoms with Crippen LogP contribution in [0, 0.1) is 11.3 Å². The molecule has 2 aromatic rings. The molecule has 1 amide bonds. The lowest BCUT2D eigenvalue weighted by molar-refractivity contribution is -0.116. The molecule has 0 saturated heterocycles. The fourth-order valence-corrected chi connectivity index (χ4v) is 3.91. The van der Waals surface area contributed by atoms with Crippen LogP contribution in [0.15, 0.2) is 23.4 Å². The third-order valence-corrected chi connectivity index (χ3v) is 5.73. The highest BCUT2D eigenvalue weighted by atomic mass is 32.2. The van der Waals surface area contributed by atoms with Gasteiger partial charge in [0.1, 0.15) is 19.0 Å². The van der Waals surface area contributed by atoms with E-state index in [1.54, 1.807) is 17.0 Å². The molecule has 2 heterocycles. The summed E-state index contributed by atoms with van der Waals surface area (Å²) in [5.74, 6) is 2.91. The van der Waals surface area contributed by atoms with E-state index in [1.165, 1.54) is 11.8 Å². The predicted octanol–water partition coefficient (Wildman–Crippen LogP) is 2.50. The Morgan fingerprint density at radius 3 is 2.86 bits per heavy atom. The number of anilines is 1. The highest BCUT2D eigenvalue weighted by molar-refractivity contribution is 7.99. The van der Waals surface area contributed by atoms with Crippen molar-refractivity contribution in [3.05, 3.63) is 24.0 Å². The Morgan fingerprint density at radius 1 is 1.32 bits per heavy atom. The van der Waals surface area contributed by atoms with E-state index in [9.17, 15) is 4.79 Å². The van der Waals surface area contributed by atoms with E-state index in [0.717, 1.165) is 23.8 Å². The van der Waals surface area contributed by atoms with Crippen LogP contribution in [-0.4, -0.2) is 46.2 Å². The minimum atomic E-state index is -0.0899. The van der Waals surface area contributed by atoms with Gasteiger partial charge in [-0.2, -0.15) is 5.26 Å². The molecule has 0 radical (unpaired) electrons. The number of hydrogen-bond donors (Lipinski definition) is 0. The van der Waals surface area contributed by atoms with Crippen LogP contribution in [0.5, 0.6) is 11.5 Å². The fraction of sp³-hybridized carbons (Fsp3) is 0.474. The van der Waals surface area contributed by atoms with Gasteiger partial charge in [-0.3, -0.25) is 4.79 Å². The number of fused-ring (bicyclic) bond motifs is 1. The van der Waals surface area contributed by atoms with E-state index in [2.05, 4.69) is 16.3 Å². The zero-order valence-electron chi connectivity index (χ0n) is 15.6. The summed E-state index contributed by atoms with van der Waals surface area (Å²) in [7, 11) is 1.94. The third-order valence-electron chi connectivity index (χ3n) is 4.72. The summed E-state index contributed by atoms with van der Waals surface area (Å²) in [6.45, 7) is 1.32. The van der Waals surface area contributed by atoms with Crippen molar-refractivity contribution in [2.24, 2.45) is 7.05 Å². The first kappa shape index (κ1) is 18.6. The Hall–Kier alpha value is -2.73. The first-order valence-corrected chi connectivity index (χ1v) is 10.2. The monoisotopic (exact) mass is 399 g/mol. The number of thioether (sulfide) groups is 1. The minimum absolute atomic E-state index is 0.0899. The normalized spacial score (nSPS) is 15.1. The van der Waals surface area contributed by atoms with E-state index in [4.69, 9.17) is 14.7 Å². The number of carbonyl (C=O) groups is 1. The van der Waals surface area contributed by atoms with Crippen LogP contribution in [-0.2, 0) is 11.8 Å². The van der Waals surface area contributed by atoms with Gasteiger partial charge in [0, 0.05) is 31.3 Å². The van der Waals surface area contributed by atoms with Gasteiger partial charge >= 0.3 is 0 Å². The summed E-state index contributed by atoms with van der Waals surface area (Å²) in [6, 6.07) is 7.52. The van der Waals surface area contributed by atoms with Gasteiger partial charge in [-0.05, 0) is 25.0 Å². The fourth-order valence-electron chi connectivity index (χ4n) is 3.11. The Morgan fingerprint density at radius 2 is 2.11 bits per heavy atom. The molecule has 1 aromatic heterocycles. The molecule has 0 bridgehead atoms. The highest BCUT2D eigenvalue weighted by Crippen LogP contribution is 2.39. The molecule has 1 aliphatic carbocycles. The second kappa shape index (κ2) is 8.10. The maximum absolute atomic E-state index is 12.9. The second-order valence-electron chi connectivity index (χ2n) is 6.74. The molecule has 0 unspecified atom stereocenters. The van der Waals surface area contributed by atoms with E-state index in [-0.39, 0.29) is 18.1 Å². The molecule has 1 aliphatic heterocycles. The SMILES string of the molecule is Cn1c(SCC(=O)N(CCC#N)c2ccc3c(c2)OCCO3)nnc1C1CC1. The summed E-state index contributed by atoms with van der Waals surface area (Å²) in [6.07, 6.45) is 2.56. The number of aromatic nitrogens is 3. The van der Waals surface area contributed by atoms with E-state index >= 15 is 0 Å². The number of ether oxygens (including phenoxy) is 2. The molecule has 8 nitrogen and oxygen atoms in total. The van der Waals surface area contributed by atoms with Crippen molar-refractivity contribution in [3.8, 4) is 17.6 Å². The van der Waals surface area contributed by atoms with Crippen LogP contribution >= 0.6 is 11.8 Å². The predicted molar refractivity (Wildman–Crippen MR) is 104 cm³/mol. The Bertz CT molecular complexity index is 919. The van der Waals surface area contributed by atoms with Crippen LogP contribution in [0.4, 0.5) is 5.69 Å². The Kier molecular flexibility index (Phi) is 5.39. The van der Waals surface area contributed by atoms with E-state index in [0.29, 0.717) is 42.9 Å². The van der Waals surface area contributed by atoms with Crippen molar-refractivity contribution in [3.63, 3.8) is 0 Å². The summed E-state index contributed by atoms with van der Waals surface area (Å²) < 4.78 is 13.1. The average Bonchev–Trinajstić information content (AvgIpc) is 3.49. The topological polar surface area (TPSA) is 93.3 Å². The van der Waals surface area contributed by atoms with E-state index < -0.39 is 0 Å². The van der Waals surface area contributed by atoms with Gasteiger partial charge in [-0.25, -0.2) is 0 Å². The first-order chi connectivity index (χ1) is 13.7. The lowest BCUT2D eigenvalue weighted by atomic mass is 10.2. The van der Waals surface area contributed by atoms with Gasteiger partial charge in [0.15, 0.2) is 16.7 Å². The minimum Gasteiger partial charge on any atom is -0.486 e. The van der Waals surface area contributed by atoms with Gasteiger partial charge < -0.3 is 18.9 Å². The van der Waals surface area contributed by atoms with Crippen LogP contribution < -0.4 is 14.4 Å². The molecule has 4 rings (SSSR count). The Labute approximate surface area is 167 Å². The molecule has 1 fully saturated rings. The quantitative estimate of drug-likeness (QED) is 0.660. The van der Waals surface area contributed by atoms with Crippen molar-refractivity contribution < 1.29 is 14.3 Å². The van der Waals surface area contributed by atoms with Crippen LogP contribution in [0.2, 0.25) is 0 Å². The summed E-state index contributed by atoms with van der Waals surface area (Å²) in [5, 5.41) is 18.2. The van der Waals surface area contributed by atoms with Crippen molar-refractivity contribution in [2.75, 3.05) is 30.4 Å². The number of nitrogens with zero attached hydrogens (tertiary/aromatic N) is 5. The van der Waals surface area contributed by atoms with Crippen molar-refractivity contribution in [2.45, 2.75) is 30.3 Å². The molecule has 9 heteroatoms. The van der Waals surface area contributed by atoms with Crippen molar-refractivity contribution in [1.29, 1.82) is 5.26 Å². The molecule has 1 saturated carbocycles. The molecule has 2 aliphatic rings. The van der Waals surface area contributed by atoms with Crippen molar-refractivity contribution in [1.82, 2.24) is 14.8 Å². The van der Waals surface area contributed by atoms with Gasteiger partial charge in [0.25, 0.3) is 0 Å². The van der Waals surface area contributed by atoms with Crippen molar-refractivity contribution >= 4 is 23.4 Å². The van der Waals surface area contributed by atoms with Crippen LogP contribution in [0.3, 0.4) is 0 Å². The smallest absolute Gasteiger partial charge is 0.237 e. The average molecular weight is 399 g/mol. The molecule has 0 spiro atoms. The number of amides is 1. The van der Waals surface area contributed by atoms with Gasteiger partial charge in [-0.15, -0.1) is 10.2 Å². The number of benzene rings is 1. The maximum atomic E-state index is 12.9. The maximum Gasteiger partial charge on any atom is 0.237 e. The highest BCUT2D eigenvalue weighted by Gasteiger charge is 2.29. The lowest BCUT2D eigenvalue weighted by Gasteiger charge is -2.24. The van der Waals surface area contributed by atoms with Crippen LogP contribution in [0.25, 0.3) is 0 Å². The summed E-state index contributed by atoms with van der Waals surface area (Å²) >= 11 is 1.37. The lowest BCUT2D eigenvalue weighted by Crippen LogP contribution is -2.33. The number of nitriles is 1. The number of carbonyl (C=O) groups excluding carboxylic acids is 1. The molecule has 0 atom stereocenters. The van der Waals surface area contributed by atoms with Gasteiger partial charge in [-0.1, -0.05) is 11.8 Å². The largest absolute Gasteiger partial charge is 0.486 e. The number of rotatable bonds is 7. The van der Waals surface area contributed by atoms with Gasteiger partial charge in [0.2, 0.25) is 5.91 Å². The standard InChI is InChI=1S/C19H21N5O3S/c1-23-18(13-3-4-13)21-22-19(23)28-12-17(25)24(8-2-7-20)14-5-6-15-16(11-14)27-10-9-26-15/h5-6,11,13H,2-4,8-10,12H2,1H3. The molecular formula is C19H21N5O3S. The van der Waals surface area contributed by atoms with Crippen LogP contribution in [0.1, 0.15) is 31.0 Å².